The Labute approximate surface area is 88.7 Å². The summed E-state index contributed by atoms with van der Waals surface area (Å²) in [6.45, 7) is 1.91. The van der Waals surface area contributed by atoms with E-state index in [0.29, 0.717) is 6.04 Å². The molecule has 78 valence electrons. The fourth-order valence-corrected chi connectivity index (χ4v) is 2.84. The summed E-state index contributed by atoms with van der Waals surface area (Å²) in [5, 5.41) is 4.72. The van der Waals surface area contributed by atoms with E-state index in [1.165, 1.54) is 22.7 Å². The Bertz CT molecular complexity index is 279. The quantitative estimate of drug-likeness (QED) is 0.792. The van der Waals surface area contributed by atoms with Crippen molar-refractivity contribution >= 4 is 11.3 Å². The molecule has 0 bridgehead atoms. The molecule has 1 aromatic heterocycles. The zero-order valence-corrected chi connectivity index (χ0v) is 9.15. The molecule has 0 radical (unpaired) electrons. The maximum absolute atomic E-state index is 5.48. The van der Waals surface area contributed by atoms with E-state index in [1.54, 1.807) is 0 Å². The Hall–Kier alpha value is -0.450. The number of aromatic nitrogens is 1. The minimum atomic E-state index is 0.520. The zero-order chi connectivity index (χ0) is 9.80. The van der Waals surface area contributed by atoms with E-state index in [0.717, 1.165) is 25.9 Å². The molecule has 1 aromatic rings. The van der Waals surface area contributed by atoms with Crippen LogP contribution >= 0.6 is 11.3 Å². The highest BCUT2D eigenvalue weighted by Crippen LogP contribution is 2.27. The van der Waals surface area contributed by atoms with E-state index in [4.69, 9.17) is 5.73 Å². The molecule has 0 aromatic carbocycles. The normalized spacial score (nSPS) is 21.6. The topological polar surface area (TPSA) is 50.9 Å². The predicted molar refractivity (Wildman–Crippen MR) is 59.5 cm³/mol. The largest absolute Gasteiger partial charge is 0.330 e. The van der Waals surface area contributed by atoms with Crippen LogP contribution in [0.15, 0.2) is 6.20 Å². The minimum Gasteiger partial charge on any atom is -0.330 e. The van der Waals surface area contributed by atoms with Gasteiger partial charge < -0.3 is 11.1 Å². The standard InChI is InChI=1S/C10H17N3S/c11-5-1-3-8-7-13-10(14-8)9-4-2-6-12-9/h7,9,12H,1-6,11H2. The molecular formula is C10H17N3S. The zero-order valence-electron chi connectivity index (χ0n) is 8.33. The van der Waals surface area contributed by atoms with Crippen LogP contribution < -0.4 is 11.1 Å². The number of hydrogen-bond donors (Lipinski definition) is 2. The summed E-state index contributed by atoms with van der Waals surface area (Å²) in [5.41, 5.74) is 5.48. The van der Waals surface area contributed by atoms with Crippen LogP contribution in [0.3, 0.4) is 0 Å². The molecule has 1 fully saturated rings. The summed E-state index contributed by atoms with van der Waals surface area (Å²) in [4.78, 5) is 5.84. The second kappa shape index (κ2) is 4.87. The molecule has 2 heterocycles. The van der Waals surface area contributed by atoms with Crippen molar-refractivity contribution < 1.29 is 0 Å². The van der Waals surface area contributed by atoms with Gasteiger partial charge in [0.05, 0.1) is 6.04 Å². The number of hydrogen-bond acceptors (Lipinski definition) is 4. The van der Waals surface area contributed by atoms with Gasteiger partial charge >= 0.3 is 0 Å². The van der Waals surface area contributed by atoms with Crippen LogP contribution in [0.25, 0.3) is 0 Å². The molecule has 14 heavy (non-hydrogen) atoms. The maximum atomic E-state index is 5.48. The smallest absolute Gasteiger partial charge is 0.110 e. The van der Waals surface area contributed by atoms with Crippen molar-refractivity contribution in [2.24, 2.45) is 5.73 Å². The van der Waals surface area contributed by atoms with Gasteiger partial charge in [0.1, 0.15) is 5.01 Å². The molecule has 1 aliphatic heterocycles. The fourth-order valence-electron chi connectivity index (χ4n) is 1.77. The van der Waals surface area contributed by atoms with Gasteiger partial charge in [0.25, 0.3) is 0 Å². The average molecular weight is 211 g/mol. The van der Waals surface area contributed by atoms with Crippen molar-refractivity contribution in [2.75, 3.05) is 13.1 Å². The molecule has 2 rings (SSSR count). The van der Waals surface area contributed by atoms with Gasteiger partial charge in [-0.15, -0.1) is 11.3 Å². The lowest BCUT2D eigenvalue weighted by Gasteiger charge is -2.04. The van der Waals surface area contributed by atoms with Crippen LogP contribution in [0, 0.1) is 0 Å². The minimum absolute atomic E-state index is 0.520. The van der Waals surface area contributed by atoms with Crippen molar-refractivity contribution in [1.82, 2.24) is 10.3 Å². The van der Waals surface area contributed by atoms with Crippen molar-refractivity contribution in [3.63, 3.8) is 0 Å². The van der Waals surface area contributed by atoms with Gasteiger partial charge in [-0.3, -0.25) is 0 Å². The third-order valence-corrected chi connectivity index (χ3v) is 3.73. The van der Waals surface area contributed by atoms with Crippen molar-refractivity contribution in [2.45, 2.75) is 31.7 Å². The monoisotopic (exact) mass is 211 g/mol. The molecule has 0 spiro atoms. The Morgan fingerprint density at radius 2 is 2.57 bits per heavy atom. The van der Waals surface area contributed by atoms with E-state index in [1.807, 2.05) is 17.5 Å². The number of nitrogens with one attached hydrogen (secondary N) is 1. The fraction of sp³-hybridized carbons (Fsp3) is 0.700. The highest BCUT2D eigenvalue weighted by atomic mass is 32.1. The van der Waals surface area contributed by atoms with Gasteiger partial charge in [-0.25, -0.2) is 4.98 Å². The first-order valence-corrected chi connectivity index (χ1v) is 6.10. The molecule has 1 aliphatic rings. The summed E-state index contributed by atoms with van der Waals surface area (Å²) in [6.07, 6.45) is 6.68. The molecule has 1 unspecified atom stereocenters. The van der Waals surface area contributed by atoms with E-state index < -0.39 is 0 Å². The number of thiazole rings is 1. The van der Waals surface area contributed by atoms with Crippen LogP contribution in [0.1, 0.15) is 35.2 Å². The van der Waals surface area contributed by atoms with Gasteiger partial charge in [-0.05, 0) is 38.8 Å². The third kappa shape index (κ3) is 2.32. The lowest BCUT2D eigenvalue weighted by Crippen LogP contribution is -2.12. The lowest BCUT2D eigenvalue weighted by molar-refractivity contribution is 0.643. The van der Waals surface area contributed by atoms with Crippen molar-refractivity contribution in [1.29, 1.82) is 0 Å². The Balaban J connectivity index is 1.94. The van der Waals surface area contributed by atoms with Gasteiger partial charge in [-0.1, -0.05) is 0 Å². The Morgan fingerprint density at radius 1 is 1.64 bits per heavy atom. The SMILES string of the molecule is NCCCc1cnc(C2CCCN2)s1. The van der Waals surface area contributed by atoms with Gasteiger partial charge in [-0.2, -0.15) is 0 Å². The first kappa shape index (κ1) is 10.1. The van der Waals surface area contributed by atoms with Gasteiger partial charge in [0.15, 0.2) is 0 Å². The molecule has 3 nitrogen and oxygen atoms in total. The number of rotatable bonds is 4. The second-order valence-corrected chi connectivity index (χ2v) is 4.85. The van der Waals surface area contributed by atoms with E-state index in [2.05, 4.69) is 10.3 Å². The van der Waals surface area contributed by atoms with Gasteiger partial charge in [0.2, 0.25) is 0 Å². The Morgan fingerprint density at radius 3 is 3.29 bits per heavy atom. The van der Waals surface area contributed by atoms with Crippen LogP contribution in [0.5, 0.6) is 0 Å². The average Bonchev–Trinajstić information content (AvgIpc) is 2.85. The first-order chi connectivity index (χ1) is 6.90. The van der Waals surface area contributed by atoms with Crippen LogP contribution in [-0.4, -0.2) is 18.1 Å². The highest BCUT2D eigenvalue weighted by Gasteiger charge is 2.18. The number of nitrogens with zero attached hydrogens (tertiary/aromatic N) is 1. The third-order valence-electron chi connectivity index (χ3n) is 2.56. The van der Waals surface area contributed by atoms with Crippen LogP contribution in [0.4, 0.5) is 0 Å². The summed E-state index contributed by atoms with van der Waals surface area (Å²) in [5.74, 6) is 0. The molecule has 0 amide bonds. The van der Waals surface area contributed by atoms with E-state index in [9.17, 15) is 0 Å². The number of nitrogens with two attached hydrogens (primary N) is 1. The van der Waals surface area contributed by atoms with Gasteiger partial charge in [0, 0.05) is 11.1 Å². The molecule has 0 aliphatic carbocycles. The molecule has 0 saturated carbocycles. The summed E-state index contributed by atoms with van der Waals surface area (Å²) in [7, 11) is 0. The van der Waals surface area contributed by atoms with E-state index >= 15 is 0 Å². The van der Waals surface area contributed by atoms with Crippen molar-refractivity contribution in [3.8, 4) is 0 Å². The predicted octanol–water partition coefficient (Wildman–Crippen LogP) is 1.46. The lowest BCUT2D eigenvalue weighted by atomic mass is 10.2. The Kier molecular flexibility index (Phi) is 3.50. The molecule has 3 N–H and O–H groups in total. The molecule has 1 saturated heterocycles. The maximum Gasteiger partial charge on any atom is 0.110 e. The highest BCUT2D eigenvalue weighted by molar-refractivity contribution is 7.11. The summed E-state index contributed by atoms with van der Waals surface area (Å²) < 4.78 is 0. The van der Waals surface area contributed by atoms with Crippen LogP contribution in [0.2, 0.25) is 0 Å². The number of aryl methyl sites for hydroxylation is 1. The molecular weight excluding hydrogens is 194 g/mol. The second-order valence-electron chi connectivity index (χ2n) is 3.71. The molecule has 4 heteroatoms. The molecule has 1 atom stereocenters. The van der Waals surface area contributed by atoms with Crippen molar-refractivity contribution in [3.05, 3.63) is 16.1 Å². The summed E-state index contributed by atoms with van der Waals surface area (Å²) >= 11 is 1.84. The summed E-state index contributed by atoms with van der Waals surface area (Å²) in [6, 6.07) is 0.520. The van der Waals surface area contributed by atoms with Crippen LogP contribution in [-0.2, 0) is 6.42 Å². The first-order valence-electron chi connectivity index (χ1n) is 5.28. The van der Waals surface area contributed by atoms with E-state index in [-0.39, 0.29) is 0 Å².